The van der Waals surface area contributed by atoms with Gasteiger partial charge in [0.1, 0.15) is 12.4 Å². The molecule has 0 radical (unpaired) electrons. The molecule has 3 aromatic heterocycles. The van der Waals surface area contributed by atoms with Gasteiger partial charge < -0.3 is 15.1 Å². The number of rotatable bonds is 8. The van der Waals surface area contributed by atoms with Crippen molar-refractivity contribution in [3.05, 3.63) is 62.8 Å². The molecule has 1 aromatic carbocycles. The Balaban J connectivity index is 1.34. The van der Waals surface area contributed by atoms with Gasteiger partial charge in [-0.25, -0.2) is 14.5 Å². The molecule has 0 atom stereocenters. The normalized spacial score (nSPS) is 11.9. The molecular formula is C23H30N8O3S. The number of nitrogen functional groups attached to an aromatic ring is 1. The van der Waals surface area contributed by atoms with Gasteiger partial charge in [0, 0.05) is 26.4 Å². The summed E-state index contributed by atoms with van der Waals surface area (Å²) in [6.07, 6.45) is 2.10. The van der Waals surface area contributed by atoms with Crippen LogP contribution in [0.5, 0.6) is 5.75 Å². The Morgan fingerprint density at radius 1 is 1.09 bits per heavy atom. The fraction of sp³-hybridized carbons (Fsp3) is 0.435. The lowest BCUT2D eigenvalue weighted by atomic mass is 9.87. The molecular weight excluding hydrogens is 468 g/mol. The minimum absolute atomic E-state index is 0.0775. The molecule has 12 heteroatoms. The van der Waals surface area contributed by atoms with Gasteiger partial charge in [0.15, 0.2) is 17.0 Å². The van der Waals surface area contributed by atoms with Crippen molar-refractivity contribution < 1.29 is 4.74 Å². The first-order chi connectivity index (χ1) is 16.6. The van der Waals surface area contributed by atoms with Crippen LogP contribution in [0.25, 0.3) is 11.2 Å². The minimum atomic E-state index is -0.386. The molecule has 0 aliphatic rings. The molecule has 0 aliphatic heterocycles. The van der Waals surface area contributed by atoms with E-state index in [0.717, 1.165) is 5.75 Å². The van der Waals surface area contributed by atoms with Crippen LogP contribution in [-0.4, -0.2) is 39.3 Å². The van der Waals surface area contributed by atoms with E-state index in [1.54, 1.807) is 18.7 Å². The molecule has 0 saturated carbocycles. The number of hydrogen-bond acceptors (Lipinski definition) is 8. The van der Waals surface area contributed by atoms with E-state index >= 15 is 0 Å². The molecule has 186 valence electrons. The lowest BCUT2D eigenvalue weighted by Gasteiger charge is -2.19. The Kier molecular flexibility index (Phi) is 6.75. The maximum absolute atomic E-state index is 12.8. The first-order valence-electron chi connectivity index (χ1n) is 11.2. The molecule has 11 nitrogen and oxygen atoms in total. The molecule has 0 spiro atoms. The van der Waals surface area contributed by atoms with Crippen LogP contribution in [0.15, 0.2) is 45.3 Å². The second kappa shape index (κ2) is 9.61. The molecule has 0 unspecified atom stereocenters. The number of benzene rings is 1. The molecule has 0 bridgehead atoms. The predicted molar refractivity (Wildman–Crippen MR) is 135 cm³/mol. The third kappa shape index (κ3) is 4.97. The van der Waals surface area contributed by atoms with Gasteiger partial charge in [0.25, 0.3) is 5.56 Å². The van der Waals surface area contributed by atoms with Gasteiger partial charge in [-0.15, -0.1) is 10.2 Å². The Bertz CT molecular complexity index is 1460. The fourth-order valence-corrected chi connectivity index (χ4v) is 4.48. The molecule has 0 fully saturated rings. The van der Waals surface area contributed by atoms with E-state index in [1.807, 2.05) is 12.1 Å². The highest BCUT2D eigenvalue weighted by atomic mass is 32.2. The van der Waals surface area contributed by atoms with Crippen molar-refractivity contribution in [2.75, 3.05) is 11.6 Å². The number of aryl methyl sites for hydroxylation is 2. The van der Waals surface area contributed by atoms with E-state index in [4.69, 9.17) is 10.6 Å². The van der Waals surface area contributed by atoms with Gasteiger partial charge in [-0.2, -0.15) is 0 Å². The fourth-order valence-electron chi connectivity index (χ4n) is 3.68. The highest BCUT2D eigenvalue weighted by molar-refractivity contribution is 7.99. The summed E-state index contributed by atoms with van der Waals surface area (Å²) in [5.74, 6) is 7.98. The van der Waals surface area contributed by atoms with Gasteiger partial charge >= 0.3 is 5.69 Å². The zero-order valence-electron chi connectivity index (χ0n) is 20.6. The van der Waals surface area contributed by atoms with Crippen LogP contribution in [0, 0.1) is 0 Å². The Hall–Kier alpha value is -3.54. The van der Waals surface area contributed by atoms with Crippen LogP contribution in [0.3, 0.4) is 0 Å². The predicted octanol–water partition coefficient (Wildman–Crippen LogP) is 1.80. The molecule has 35 heavy (non-hydrogen) atoms. The standard InChI is InChI=1S/C23H30N8O3S/c1-23(2,3)15-7-9-16(10-8-15)34-13-17-26-27-21(31(17)24)35-12-6-11-30-20(32)18-19(25-14-28(18)4)29(5)22(30)33/h7-10,14H,6,11-13,24H2,1-5H3. The number of hydrogen-bond donors (Lipinski definition) is 1. The SMILES string of the molecule is Cn1cnc2c1c(=O)n(CCCSc1nnc(COc3ccc(C(C)(C)C)cc3)n1N)c(=O)n2C. The van der Waals surface area contributed by atoms with Crippen LogP contribution < -0.4 is 21.8 Å². The Labute approximate surface area is 206 Å². The lowest BCUT2D eigenvalue weighted by Crippen LogP contribution is -2.39. The monoisotopic (exact) mass is 498 g/mol. The maximum Gasteiger partial charge on any atom is 0.332 e. The van der Waals surface area contributed by atoms with Crippen molar-refractivity contribution in [3.8, 4) is 5.75 Å². The summed E-state index contributed by atoms with van der Waals surface area (Å²) < 4.78 is 11.5. The van der Waals surface area contributed by atoms with Crippen molar-refractivity contribution in [1.82, 2.24) is 33.6 Å². The second-order valence-corrected chi connectivity index (χ2v) is 10.4. The van der Waals surface area contributed by atoms with E-state index in [2.05, 4.69) is 48.1 Å². The van der Waals surface area contributed by atoms with Crippen LogP contribution in [0.4, 0.5) is 0 Å². The largest absolute Gasteiger partial charge is 0.486 e. The van der Waals surface area contributed by atoms with Crippen LogP contribution in [0.1, 0.15) is 38.6 Å². The van der Waals surface area contributed by atoms with E-state index < -0.39 is 0 Å². The smallest absolute Gasteiger partial charge is 0.332 e. The van der Waals surface area contributed by atoms with Gasteiger partial charge in [-0.3, -0.25) is 13.9 Å². The lowest BCUT2D eigenvalue weighted by molar-refractivity contribution is 0.291. The van der Waals surface area contributed by atoms with Crippen LogP contribution in [-0.2, 0) is 32.7 Å². The number of nitrogens with two attached hydrogens (primary N) is 1. The number of thioether (sulfide) groups is 1. The summed E-state index contributed by atoms with van der Waals surface area (Å²) >= 11 is 1.40. The summed E-state index contributed by atoms with van der Waals surface area (Å²) in [6.45, 7) is 6.95. The van der Waals surface area contributed by atoms with E-state index in [9.17, 15) is 9.59 Å². The number of fused-ring (bicyclic) bond motifs is 1. The van der Waals surface area contributed by atoms with E-state index in [-0.39, 0.29) is 29.8 Å². The van der Waals surface area contributed by atoms with Crippen LogP contribution in [0.2, 0.25) is 0 Å². The van der Waals surface area contributed by atoms with Crippen molar-refractivity contribution in [1.29, 1.82) is 0 Å². The summed E-state index contributed by atoms with van der Waals surface area (Å²) in [6, 6.07) is 7.97. The van der Waals surface area contributed by atoms with E-state index in [0.29, 0.717) is 34.3 Å². The Morgan fingerprint density at radius 3 is 2.49 bits per heavy atom. The van der Waals surface area contributed by atoms with Crippen molar-refractivity contribution in [2.45, 2.75) is 50.9 Å². The molecule has 4 aromatic rings. The zero-order chi connectivity index (χ0) is 25.3. The molecule has 3 heterocycles. The summed E-state index contributed by atoms with van der Waals surface area (Å²) in [5.41, 5.74) is 1.36. The maximum atomic E-state index is 12.8. The number of imidazole rings is 1. The summed E-state index contributed by atoms with van der Waals surface area (Å²) in [5, 5.41) is 8.80. The van der Waals surface area contributed by atoms with Crippen LogP contribution >= 0.6 is 11.8 Å². The zero-order valence-corrected chi connectivity index (χ0v) is 21.4. The highest BCUT2D eigenvalue weighted by Gasteiger charge is 2.16. The van der Waals surface area contributed by atoms with Crippen molar-refractivity contribution >= 4 is 22.9 Å². The molecule has 0 saturated heterocycles. The Morgan fingerprint density at radius 2 is 1.80 bits per heavy atom. The molecule has 2 N–H and O–H groups in total. The first-order valence-corrected chi connectivity index (χ1v) is 12.2. The molecule has 4 rings (SSSR count). The van der Waals surface area contributed by atoms with Gasteiger partial charge in [0.05, 0.1) is 6.33 Å². The second-order valence-electron chi connectivity index (χ2n) is 9.36. The quantitative estimate of drug-likeness (QED) is 0.221. The molecule has 0 aliphatic carbocycles. The number of ether oxygens (including phenoxy) is 1. The summed E-state index contributed by atoms with van der Waals surface area (Å²) in [7, 11) is 3.35. The van der Waals surface area contributed by atoms with E-state index in [1.165, 1.54) is 37.5 Å². The third-order valence-corrected chi connectivity index (χ3v) is 6.81. The van der Waals surface area contributed by atoms with Crippen molar-refractivity contribution in [3.63, 3.8) is 0 Å². The minimum Gasteiger partial charge on any atom is -0.486 e. The average molecular weight is 499 g/mol. The third-order valence-electron chi connectivity index (χ3n) is 5.78. The average Bonchev–Trinajstić information content (AvgIpc) is 3.38. The van der Waals surface area contributed by atoms with Gasteiger partial charge in [-0.05, 0) is 29.5 Å². The topological polar surface area (TPSA) is 128 Å². The number of nitrogens with zero attached hydrogens (tertiary/aromatic N) is 7. The number of aromatic nitrogens is 7. The molecule has 0 amide bonds. The van der Waals surface area contributed by atoms with Crippen molar-refractivity contribution in [2.24, 2.45) is 14.1 Å². The highest BCUT2D eigenvalue weighted by Crippen LogP contribution is 2.24. The first kappa shape index (κ1) is 24.6. The van der Waals surface area contributed by atoms with Gasteiger partial charge in [-0.1, -0.05) is 44.7 Å². The van der Waals surface area contributed by atoms with Gasteiger partial charge in [0.2, 0.25) is 5.16 Å². The summed E-state index contributed by atoms with van der Waals surface area (Å²) in [4.78, 5) is 29.5.